The minimum atomic E-state index is -0.307. The molecule has 0 bridgehead atoms. The van der Waals surface area contributed by atoms with Crippen molar-refractivity contribution in [1.82, 2.24) is 15.0 Å². The van der Waals surface area contributed by atoms with Crippen molar-refractivity contribution in [1.29, 1.82) is 0 Å². The summed E-state index contributed by atoms with van der Waals surface area (Å²) in [6.07, 6.45) is 3.24. The van der Waals surface area contributed by atoms with E-state index in [0.717, 1.165) is 43.2 Å². The first-order valence-corrected chi connectivity index (χ1v) is 7.63. The Morgan fingerprint density at radius 3 is 2.43 bits per heavy atom. The van der Waals surface area contributed by atoms with Gasteiger partial charge in [0.15, 0.2) is 0 Å². The lowest BCUT2D eigenvalue weighted by Gasteiger charge is -2.36. The van der Waals surface area contributed by atoms with Crippen molar-refractivity contribution in [3.63, 3.8) is 0 Å². The van der Waals surface area contributed by atoms with Crippen LogP contribution in [0.25, 0.3) is 10.9 Å². The van der Waals surface area contributed by atoms with Gasteiger partial charge in [0.2, 0.25) is 0 Å². The zero-order chi connectivity index (χ0) is 15.6. The van der Waals surface area contributed by atoms with Gasteiger partial charge in [-0.05, 0) is 24.3 Å². The summed E-state index contributed by atoms with van der Waals surface area (Å²) in [5, 5.41) is 0.763. The van der Waals surface area contributed by atoms with Crippen molar-refractivity contribution in [2.75, 3.05) is 36.0 Å². The van der Waals surface area contributed by atoms with E-state index in [-0.39, 0.29) is 5.82 Å². The Labute approximate surface area is 133 Å². The van der Waals surface area contributed by atoms with E-state index in [0.29, 0.717) is 5.52 Å². The third kappa shape index (κ3) is 2.56. The summed E-state index contributed by atoms with van der Waals surface area (Å²) in [7, 11) is 0. The number of hydrogen-bond donors (Lipinski definition) is 0. The van der Waals surface area contributed by atoms with E-state index in [1.165, 1.54) is 12.4 Å². The minimum absolute atomic E-state index is 0.307. The predicted molar refractivity (Wildman–Crippen MR) is 88.2 cm³/mol. The van der Waals surface area contributed by atoms with Crippen LogP contribution in [0.4, 0.5) is 16.0 Å². The van der Waals surface area contributed by atoms with Crippen LogP contribution in [0.1, 0.15) is 0 Å². The minimum Gasteiger partial charge on any atom is -0.353 e. The van der Waals surface area contributed by atoms with Gasteiger partial charge in [0.25, 0.3) is 0 Å². The number of aromatic nitrogens is 3. The fourth-order valence-corrected chi connectivity index (χ4v) is 2.98. The summed E-state index contributed by atoms with van der Waals surface area (Å²) in [6, 6.07) is 10.9. The molecule has 23 heavy (non-hydrogen) atoms. The molecule has 0 unspecified atom stereocenters. The highest BCUT2D eigenvalue weighted by molar-refractivity contribution is 5.89. The molecule has 6 heteroatoms. The van der Waals surface area contributed by atoms with Gasteiger partial charge in [0, 0.05) is 37.8 Å². The Hall–Kier alpha value is -2.76. The molecule has 0 amide bonds. The Morgan fingerprint density at radius 2 is 1.65 bits per heavy atom. The molecule has 2 aromatic heterocycles. The first kappa shape index (κ1) is 13.9. The van der Waals surface area contributed by atoms with Crippen LogP contribution in [0, 0.1) is 5.82 Å². The van der Waals surface area contributed by atoms with E-state index in [2.05, 4.69) is 24.8 Å². The molecule has 1 aliphatic heterocycles. The zero-order valence-corrected chi connectivity index (χ0v) is 12.6. The number of pyridine rings is 1. The van der Waals surface area contributed by atoms with Crippen LogP contribution in [0.2, 0.25) is 0 Å². The molecule has 0 N–H and O–H groups in total. The van der Waals surface area contributed by atoms with E-state index in [1.54, 1.807) is 6.07 Å². The maximum Gasteiger partial charge on any atom is 0.149 e. The van der Waals surface area contributed by atoms with Gasteiger partial charge in [-0.1, -0.05) is 12.1 Å². The van der Waals surface area contributed by atoms with Gasteiger partial charge < -0.3 is 9.80 Å². The van der Waals surface area contributed by atoms with Crippen LogP contribution in [0.3, 0.4) is 0 Å². The molecule has 1 aliphatic rings. The van der Waals surface area contributed by atoms with Crippen LogP contribution in [0.5, 0.6) is 0 Å². The largest absolute Gasteiger partial charge is 0.353 e. The molecule has 0 atom stereocenters. The van der Waals surface area contributed by atoms with Gasteiger partial charge in [0.1, 0.15) is 29.3 Å². The van der Waals surface area contributed by atoms with Crippen molar-refractivity contribution in [2.45, 2.75) is 0 Å². The summed E-state index contributed by atoms with van der Waals surface area (Å²) in [5.74, 6) is 1.49. The molecule has 0 aliphatic carbocycles. The number of nitrogens with zero attached hydrogens (tertiary/aromatic N) is 5. The molecular formula is C17H16FN5. The zero-order valence-electron chi connectivity index (χ0n) is 12.6. The first-order valence-electron chi connectivity index (χ1n) is 7.63. The third-order valence-electron chi connectivity index (χ3n) is 4.15. The van der Waals surface area contributed by atoms with E-state index in [9.17, 15) is 4.39 Å². The number of hydrogen-bond acceptors (Lipinski definition) is 5. The number of piperazine rings is 1. The molecule has 3 aromatic rings. The highest BCUT2D eigenvalue weighted by Crippen LogP contribution is 2.26. The second kappa shape index (κ2) is 5.79. The lowest BCUT2D eigenvalue weighted by atomic mass is 10.2. The summed E-state index contributed by atoms with van der Waals surface area (Å²) in [6.45, 7) is 3.36. The quantitative estimate of drug-likeness (QED) is 0.728. The number of halogens is 1. The van der Waals surface area contributed by atoms with E-state index in [1.807, 2.05) is 30.5 Å². The van der Waals surface area contributed by atoms with Crippen LogP contribution < -0.4 is 9.80 Å². The molecule has 0 spiro atoms. The summed E-state index contributed by atoms with van der Waals surface area (Å²) in [5.41, 5.74) is 0.379. The molecular weight excluding hydrogens is 293 g/mol. The average molecular weight is 309 g/mol. The maximum absolute atomic E-state index is 13.9. The highest BCUT2D eigenvalue weighted by atomic mass is 19.1. The van der Waals surface area contributed by atoms with Gasteiger partial charge >= 0.3 is 0 Å². The Balaban J connectivity index is 1.58. The Kier molecular flexibility index (Phi) is 3.49. The van der Waals surface area contributed by atoms with Crippen molar-refractivity contribution in [3.05, 3.63) is 54.7 Å². The first-order chi connectivity index (χ1) is 11.3. The molecule has 116 valence electrons. The number of fused-ring (bicyclic) bond motifs is 1. The molecule has 0 radical (unpaired) electrons. The molecule has 1 fully saturated rings. The standard InChI is InChI=1S/C17H16FN5/c18-14-5-3-4-13-16(14)20-12-21-17(13)23-10-8-22(9-11-23)15-6-1-2-7-19-15/h1-7,12H,8-11H2. The predicted octanol–water partition coefficient (Wildman–Crippen LogP) is 2.49. The van der Waals surface area contributed by atoms with Gasteiger partial charge in [-0.25, -0.2) is 19.3 Å². The van der Waals surface area contributed by atoms with Crippen LogP contribution in [-0.4, -0.2) is 41.1 Å². The summed E-state index contributed by atoms with van der Waals surface area (Å²) < 4.78 is 13.9. The Bertz CT molecular complexity index is 816. The second-order valence-electron chi connectivity index (χ2n) is 5.50. The molecule has 1 saturated heterocycles. The van der Waals surface area contributed by atoms with Gasteiger partial charge in [-0.3, -0.25) is 0 Å². The smallest absolute Gasteiger partial charge is 0.149 e. The normalized spacial score (nSPS) is 15.2. The van der Waals surface area contributed by atoms with E-state index in [4.69, 9.17) is 0 Å². The number of para-hydroxylation sites is 1. The van der Waals surface area contributed by atoms with Crippen LogP contribution in [0.15, 0.2) is 48.9 Å². The summed E-state index contributed by atoms with van der Waals surface area (Å²) in [4.78, 5) is 17.3. The molecule has 4 rings (SSSR count). The fourth-order valence-electron chi connectivity index (χ4n) is 2.98. The SMILES string of the molecule is Fc1cccc2c(N3CCN(c4ccccn4)CC3)ncnc12. The van der Waals surface area contributed by atoms with Crippen LogP contribution in [-0.2, 0) is 0 Å². The third-order valence-corrected chi connectivity index (χ3v) is 4.15. The maximum atomic E-state index is 13.9. The molecule has 3 heterocycles. The van der Waals surface area contributed by atoms with Crippen LogP contribution >= 0.6 is 0 Å². The van der Waals surface area contributed by atoms with Gasteiger partial charge in [-0.15, -0.1) is 0 Å². The average Bonchev–Trinajstić information content (AvgIpc) is 2.63. The van der Waals surface area contributed by atoms with Gasteiger partial charge in [0.05, 0.1) is 0 Å². The van der Waals surface area contributed by atoms with E-state index >= 15 is 0 Å². The second-order valence-corrected chi connectivity index (χ2v) is 5.50. The lowest BCUT2D eigenvalue weighted by molar-refractivity contribution is 0.633. The van der Waals surface area contributed by atoms with Crippen molar-refractivity contribution >= 4 is 22.5 Å². The Morgan fingerprint density at radius 1 is 0.826 bits per heavy atom. The monoisotopic (exact) mass is 309 g/mol. The molecule has 5 nitrogen and oxygen atoms in total. The van der Waals surface area contributed by atoms with Gasteiger partial charge in [-0.2, -0.15) is 0 Å². The number of benzene rings is 1. The van der Waals surface area contributed by atoms with Crippen molar-refractivity contribution in [2.24, 2.45) is 0 Å². The highest BCUT2D eigenvalue weighted by Gasteiger charge is 2.21. The topological polar surface area (TPSA) is 45.2 Å². The number of anilines is 2. The molecule has 1 aromatic carbocycles. The van der Waals surface area contributed by atoms with Crippen molar-refractivity contribution < 1.29 is 4.39 Å². The number of rotatable bonds is 2. The van der Waals surface area contributed by atoms with E-state index < -0.39 is 0 Å². The molecule has 0 saturated carbocycles. The fraction of sp³-hybridized carbons (Fsp3) is 0.235. The van der Waals surface area contributed by atoms with Crippen molar-refractivity contribution in [3.8, 4) is 0 Å². The lowest BCUT2D eigenvalue weighted by Crippen LogP contribution is -2.47. The summed E-state index contributed by atoms with van der Waals surface area (Å²) >= 11 is 0.